The van der Waals surface area contributed by atoms with Gasteiger partial charge < -0.3 is 5.73 Å². The van der Waals surface area contributed by atoms with E-state index in [1.54, 1.807) is 19.1 Å². The van der Waals surface area contributed by atoms with Crippen LogP contribution in [-0.2, 0) is 10.0 Å². The van der Waals surface area contributed by atoms with E-state index in [-0.39, 0.29) is 16.4 Å². The molecule has 1 aromatic heterocycles. The van der Waals surface area contributed by atoms with Crippen LogP contribution in [0.25, 0.3) is 0 Å². The van der Waals surface area contributed by atoms with Gasteiger partial charge in [0, 0.05) is 15.1 Å². The molecule has 8 heteroatoms. The van der Waals surface area contributed by atoms with Crippen LogP contribution in [-0.4, -0.2) is 13.4 Å². The Bertz CT molecular complexity index is 763. The largest absolute Gasteiger partial charge is 0.398 e. The van der Waals surface area contributed by atoms with Crippen LogP contribution in [0.5, 0.6) is 0 Å². The van der Waals surface area contributed by atoms with Crippen LogP contribution in [0.4, 0.5) is 11.5 Å². The fraction of sp³-hybridized carbons (Fsp3) is 0.0833. The maximum Gasteiger partial charge on any atom is 0.265 e. The maximum absolute atomic E-state index is 12.3. The lowest BCUT2D eigenvalue weighted by atomic mass is 10.3. The van der Waals surface area contributed by atoms with Crippen LogP contribution in [0.1, 0.15) is 5.56 Å². The number of nitrogen functional groups attached to an aromatic ring is 1. The van der Waals surface area contributed by atoms with Crippen LogP contribution in [0, 0.1) is 6.92 Å². The number of nitrogens with two attached hydrogens (primary N) is 1. The summed E-state index contributed by atoms with van der Waals surface area (Å²) in [5.41, 5.74) is 6.60. The highest BCUT2D eigenvalue weighted by atomic mass is 79.9. The Balaban J connectivity index is 2.43. The molecule has 1 heterocycles. The second-order valence-electron chi connectivity index (χ2n) is 4.11. The Morgan fingerprint density at radius 2 is 1.90 bits per heavy atom. The lowest BCUT2D eigenvalue weighted by molar-refractivity contribution is 0.601. The van der Waals surface area contributed by atoms with E-state index in [1.807, 2.05) is 0 Å². The van der Waals surface area contributed by atoms with E-state index in [4.69, 9.17) is 5.73 Å². The quantitative estimate of drug-likeness (QED) is 0.746. The van der Waals surface area contributed by atoms with Gasteiger partial charge in [-0.3, -0.25) is 4.72 Å². The van der Waals surface area contributed by atoms with Gasteiger partial charge in [0.2, 0.25) is 0 Å². The highest BCUT2D eigenvalue weighted by Gasteiger charge is 2.19. The van der Waals surface area contributed by atoms with Gasteiger partial charge in [0.05, 0.1) is 5.69 Å². The first-order valence-corrected chi connectivity index (χ1v) is 8.56. The minimum absolute atomic E-state index is 0.0102. The Morgan fingerprint density at radius 1 is 1.20 bits per heavy atom. The molecule has 0 atom stereocenters. The van der Waals surface area contributed by atoms with Crippen molar-refractivity contribution in [3.63, 3.8) is 0 Å². The summed E-state index contributed by atoms with van der Waals surface area (Å²) >= 11 is 6.50. The molecular formula is C12H11Br2N3O2S. The first kappa shape index (κ1) is 15.3. The Kier molecular flexibility index (Phi) is 4.36. The average Bonchev–Trinajstić information content (AvgIpc) is 2.35. The highest BCUT2D eigenvalue weighted by molar-refractivity contribution is 9.10. The van der Waals surface area contributed by atoms with Crippen LogP contribution in [0.3, 0.4) is 0 Å². The molecule has 0 fully saturated rings. The number of nitrogens with zero attached hydrogens (tertiary/aromatic N) is 1. The molecule has 0 saturated heterocycles. The molecule has 0 radical (unpaired) electrons. The molecule has 2 aromatic rings. The molecule has 0 unspecified atom stereocenters. The van der Waals surface area contributed by atoms with Crippen molar-refractivity contribution in [2.45, 2.75) is 11.8 Å². The van der Waals surface area contributed by atoms with Crippen molar-refractivity contribution < 1.29 is 8.42 Å². The standard InChI is InChI=1S/C12H11Br2N3O2S/c1-7-4-9(14)6-16-12(7)17-20(18,19)11-5-8(13)2-3-10(11)15/h2-6H,15H2,1H3,(H,16,17). The zero-order chi connectivity index (χ0) is 14.9. The summed E-state index contributed by atoms with van der Waals surface area (Å²) in [6.07, 6.45) is 1.52. The number of halogens is 2. The van der Waals surface area contributed by atoms with Crippen molar-refractivity contribution in [1.82, 2.24) is 4.98 Å². The first-order chi connectivity index (χ1) is 9.29. The summed E-state index contributed by atoms with van der Waals surface area (Å²) in [7, 11) is -3.78. The highest BCUT2D eigenvalue weighted by Crippen LogP contribution is 2.26. The fourth-order valence-corrected chi connectivity index (χ4v) is 3.77. The summed E-state index contributed by atoms with van der Waals surface area (Å²) in [5, 5.41) is 0. The van der Waals surface area contributed by atoms with Gasteiger partial charge in [-0.05, 0) is 52.7 Å². The second kappa shape index (κ2) is 5.71. The number of rotatable bonds is 3. The molecule has 5 nitrogen and oxygen atoms in total. The van der Waals surface area contributed by atoms with E-state index in [0.29, 0.717) is 10.0 Å². The smallest absolute Gasteiger partial charge is 0.265 e. The van der Waals surface area contributed by atoms with Crippen LogP contribution in [0.15, 0.2) is 44.3 Å². The summed E-state index contributed by atoms with van der Waals surface area (Å²) in [6, 6.07) is 6.43. The van der Waals surface area contributed by atoms with E-state index < -0.39 is 10.0 Å². The monoisotopic (exact) mass is 419 g/mol. The third kappa shape index (κ3) is 3.31. The van der Waals surface area contributed by atoms with E-state index in [9.17, 15) is 8.42 Å². The first-order valence-electron chi connectivity index (χ1n) is 5.49. The number of sulfonamides is 1. The van der Waals surface area contributed by atoms with E-state index >= 15 is 0 Å². The Hall–Kier alpha value is -1.12. The summed E-state index contributed by atoms with van der Waals surface area (Å²) in [5.74, 6) is 0.271. The molecule has 0 aliphatic carbocycles. The minimum atomic E-state index is -3.78. The van der Waals surface area contributed by atoms with Gasteiger partial charge in [-0.1, -0.05) is 15.9 Å². The maximum atomic E-state index is 12.3. The number of benzene rings is 1. The molecule has 0 spiro atoms. The average molecular weight is 421 g/mol. The molecule has 1 aromatic carbocycles. The minimum Gasteiger partial charge on any atom is -0.398 e. The number of hydrogen-bond acceptors (Lipinski definition) is 4. The molecule has 0 aliphatic rings. The molecule has 0 amide bonds. The fourth-order valence-electron chi connectivity index (χ4n) is 1.57. The molecule has 0 aliphatic heterocycles. The van der Waals surface area contributed by atoms with Crippen molar-refractivity contribution in [2.24, 2.45) is 0 Å². The van der Waals surface area contributed by atoms with Gasteiger partial charge in [0.1, 0.15) is 10.7 Å². The van der Waals surface area contributed by atoms with Gasteiger partial charge >= 0.3 is 0 Å². The van der Waals surface area contributed by atoms with Crippen LogP contribution < -0.4 is 10.5 Å². The SMILES string of the molecule is Cc1cc(Br)cnc1NS(=O)(=O)c1cc(Br)ccc1N. The molecule has 0 saturated carbocycles. The van der Waals surface area contributed by atoms with Crippen molar-refractivity contribution in [2.75, 3.05) is 10.5 Å². The zero-order valence-corrected chi connectivity index (χ0v) is 14.4. The van der Waals surface area contributed by atoms with Crippen molar-refractivity contribution in [3.8, 4) is 0 Å². The van der Waals surface area contributed by atoms with Gasteiger partial charge in [-0.25, -0.2) is 13.4 Å². The zero-order valence-electron chi connectivity index (χ0n) is 10.4. The van der Waals surface area contributed by atoms with Crippen molar-refractivity contribution in [3.05, 3.63) is 45.0 Å². The molecule has 0 bridgehead atoms. The van der Waals surface area contributed by atoms with Gasteiger partial charge in [0.15, 0.2) is 0 Å². The number of hydrogen-bond donors (Lipinski definition) is 2. The number of pyridine rings is 1. The molecule has 106 valence electrons. The molecule has 3 N–H and O–H groups in total. The number of nitrogens with one attached hydrogen (secondary N) is 1. The van der Waals surface area contributed by atoms with Gasteiger partial charge in [0.25, 0.3) is 10.0 Å². The van der Waals surface area contributed by atoms with Crippen molar-refractivity contribution >= 4 is 53.4 Å². The molecule has 2 rings (SSSR count). The van der Waals surface area contributed by atoms with E-state index in [2.05, 4.69) is 41.6 Å². The normalized spacial score (nSPS) is 11.3. The topological polar surface area (TPSA) is 85.1 Å². The van der Waals surface area contributed by atoms with Gasteiger partial charge in [-0.2, -0.15) is 0 Å². The van der Waals surface area contributed by atoms with Crippen LogP contribution >= 0.6 is 31.9 Å². The third-order valence-corrected chi connectivity index (χ3v) is 4.86. The lowest BCUT2D eigenvalue weighted by Gasteiger charge is -2.11. The Morgan fingerprint density at radius 3 is 2.55 bits per heavy atom. The van der Waals surface area contributed by atoms with Crippen molar-refractivity contribution in [1.29, 1.82) is 0 Å². The second-order valence-corrected chi connectivity index (χ2v) is 7.59. The number of aryl methyl sites for hydroxylation is 1. The number of aromatic nitrogens is 1. The predicted molar refractivity (Wildman–Crippen MR) is 86.0 cm³/mol. The van der Waals surface area contributed by atoms with Gasteiger partial charge in [-0.15, -0.1) is 0 Å². The summed E-state index contributed by atoms with van der Waals surface area (Å²) in [4.78, 5) is 4.06. The van der Waals surface area contributed by atoms with E-state index in [0.717, 1.165) is 4.47 Å². The van der Waals surface area contributed by atoms with Crippen LogP contribution in [0.2, 0.25) is 0 Å². The van der Waals surface area contributed by atoms with E-state index in [1.165, 1.54) is 18.3 Å². The Labute approximate surface area is 133 Å². The predicted octanol–water partition coefficient (Wildman–Crippen LogP) is 3.30. The number of anilines is 2. The lowest BCUT2D eigenvalue weighted by Crippen LogP contribution is -2.16. The molecular weight excluding hydrogens is 410 g/mol. The third-order valence-electron chi connectivity index (χ3n) is 2.54. The summed E-state index contributed by atoms with van der Waals surface area (Å²) < 4.78 is 28.5. The molecule has 20 heavy (non-hydrogen) atoms. The summed E-state index contributed by atoms with van der Waals surface area (Å²) in [6.45, 7) is 1.76.